The minimum atomic E-state index is -0.741. The van der Waals surface area contributed by atoms with Crippen LogP contribution in [0.1, 0.15) is 27.7 Å². The van der Waals surface area contributed by atoms with Crippen molar-refractivity contribution >= 4 is 23.7 Å². The monoisotopic (exact) mass is 152 g/mol. The number of carbonyl (C=O) groups is 1. The quantitative estimate of drug-likeness (QED) is 0.614. The standard InChI is InChI=1S/C4H8O2.C4H9.Li/c1-3(2)4(5)6;1-4(2)3;/h3H,1-2H3,(H,5,6);4H,1H2,2-3H3;. The van der Waals surface area contributed by atoms with Gasteiger partial charge in [-0.05, 0) is 0 Å². The summed E-state index contributed by atoms with van der Waals surface area (Å²) in [6, 6.07) is 0. The van der Waals surface area contributed by atoms with Crippen LogP contribution in [-0.4, -0.2) is 28.8 Å². The van der Waals surface area contributed by atoms with Gasteiger partial charge >= 0.3 is 48.5 Å². The number of aliphatic carboxylic acids is 1. The van der Waals surface area contributed by atoms with Gasteiger partial charge in [-0.1, -0.05) is 13.8 Å². The molecule has 1 N–H and O–H groups in total. The minimum absolute atomic E-state index is 0.231. The van der Waals surface area contributed by atoms with E-state index in [2.05, 4.69) is 31.6 Å². The first-order valence-electron chi connectivity index (χ1n) is 4.14. The second-order valence-corrected chi connectivity index (χ2v) is 3.30. The molecule has 3 heteroatoms. The van der Waals surface area contributed by atoms with Crippen LogP contribution in [0.15, 0.2) is 0 Å². The first-order chi connectivity index (χ1) is 4.91. The fourth-order valence-electron chi connectivity index (χ4n) is 0. The van der Waals surface area contributed by atoms with Crippen LogP contribution in [0.2, 0.25) is 5.09 Å². The zero-order chi connectivity index (χ0) is 9.44. The Morgan fingerprint density at radius 1 is 1.36 bits per heavy atom. The first-order valence-corrected chi connectivity index (χ1v) is 4.14. The van der Waals surface area contributed by atoms with Crippen molar-refractivity contribution < 1.29 is 9.90 Å². The van der Waals surface area contributed by atoms with Crippen molar-refractivity contribution in [3.63, 3.8) is 0 Å². The molecule has 0 atom stereocenters. The molecule has 0 aliphatic carbocycles. The van der Waals surface area contributed by atoms with Gasteiger partial charge in [0.15, 0.2) is 0 Å². The Balaban J connectivity index is 0. The zero-order valence-corrected chi connectivity index (χ0v) is 8.22. The van der Waals surface area contributed by atoms with Gasteiger partial charge in [0.25, 0.3) is 0 Å². The van der Waals surface area contributed by atoms with Gasteiger partial charge in [-0.3, -0.25) is 4.79 Å². The van der Waals surface area contributed by atoms with Crippen LogP contribution in [0.25, 0.3) is 0 Å². The van der Waals surface area contributed by atoms with Crippen molar-refractivity contribution in [3.8, 4) is 0 Å². The van der Waals surface area contributed by atoms with E-state index in [0.717, 1.165) is 5.92 Å². The molecule has 62 valence electrons. The van der Waals surface area contributed by atoms with Gasteiger partial charge < -0.3 is 5.11 Å². The Morgan fingerprint density at radius 2 is 1.55 bits per heavy atom. The maximum absolute atomic E-state index is 9.70. The van der Waals surface area contributed by atoms with Crippen molar-refractivity contribution in [2.24, 2.45) is 11.8 Å². The van der Waals surface area contributed by atoms with Gasteiger partial charge in [-0.25, -0.2) is 0 Å². The van der Waals surface area contributed by atoms with E-state index in [1.165, 1.54) is 5.09 Å². The molecule has 0 fully saturated rings. The Hall–Kier alpha value is 0.0674. The molecule has 0 aromatic carbocycles. The van der Waals surface area contributed by atoms with Gasteiger partial charge in [0, 0.05) is 0 Å². The SMILES string of the molecule is CC(C)C(=O)O.[Li][CH2]C(C)C. The maximum atomic E-state index is 9.70. The molecule has 0 bridgehead atoms. The molecule has 0 aromatic rings. The third-order valence-electron chi connectivity index (χ3n) is 1.31. The number of hydrogen-bond acceptors (Lipinski definition) is 1. The van der Waals surface area contributed by atoms with E-state index >= 15 is 0 Å². The molecule has 11 heavy (non-hydrogen) atoms. The molecule has 0 aliphatic rings. The predicted octanol–water partition coefficient (Wildman–Crippen LogP) is 1.96. The number of carboxylic acids is 1. The summed E-state index contributed by atoms with van der Waals surface area (Å²) in [6.45, 7) is 7.73. The molecule has 2 nitrogen and oxygen atoms in total. The van der Waals surface area contributed by atoms with Crippen LogP contribution in [0.4, 0.5) is 0 Å². The molecule has 0 spiro atoms. The van der Waals surface area contributed by atoms with Crippen LogP contribution >= 0.6 is 0 Å². The normalized spacial score (nSPS) is 9.45. The Kier molecular flexibility index (Phi) is 10.1. The average molecular weight is 152 g/mol. The van der Waals surface area contributed by atoms with Gasteiger partial charge in [0.2, 0.25) is 0 Å². The summed E-state index contributed by atoms with van der Waals surface area (Å²) in [4.78, 5) is 9.70. The molecule has 0 amide bonds. The topological polar surface area (TPSA) is 37.3 Å². The summed E-state index contributed by atoms with van der Waals surface area (Å²) in [7, 11) is 0. The van der Waals surface area contributed by atoms with E-state index in [9.17, 15) is 4.79 Å². The first kappa shape index (κ1) is 13.6. The van der Waals surface area contributed by atoms with E-state index in [4.69, 9.17) is 5.11 Å². The van der Waals surface area contributed by atoms with Crippen LogP contribution in [-0.2, 0) is 4.79 Å². The fourth-order valence-corrected chi connectivity index (χ4v) is 0. The number of carboxylic acid groups (broad SMARTS) is 1. The number of hydrogen-bond donors (Lipinski definition) is 1. The Morgan fingerprint density at radius 3 is 1.55 bits per heavy atom. The second-order valence-electron chi connectivity index (χ2n) is 3.30. The second kappa shape index (κ2) is 8.17. The molecular weight excluding hydrogens is 135 g/mol. The van der Waals surface area contributed by atoms with E-state index in [-0.39, 0.29) is 5.92 Å². The van der Waals surface area contributed by atoms with Crippen LogP contribution in [0, 0.1) is 11.8 Å². The summed E-state index contributed by atoms with van der Waals surface area (Å²) in [6.07, 6.45) is 0. The molecule has 0 aromatic heterocycles. The van der Waals surface area contributed by atoms with Gasteiger partial charge in [0.1, 0.15) is 0 Å². The molecule has 0 heterocycles. The third-order valence-corrected chi connectivity index (χ3v) is 1.31. The van der Waals surface area contributed by atoms with E-state index in [1.54, 1.807) is 13.8 Å². The fraction of sp³-hybridized carbons (Fsp3) is 0.875. The van der Waals surface area contributed by atoms with Crippen molar-refractivity contribution in [3.05, 3.63) is 0 Å². The van der Waals surface area contributed by atoms with E-state index in [1.807, 2.05) is 0 Å². The average Bonchev–Trinajstić information content (AvgIpc) is 1.89. The molecule has 0 saturated carbocycles. The van der Waals surface area contributed by atoms with E-state index < -0.39 is 5.97 Å². The summed E-state index contributed by atoms with van der Waals surface area (Å²) in [5, 5.41) is 9.30. The molecule has 0 rings (SSSR count). The van der Waals surface area contributed by atoms with Crippen LogP contribution < -0.4 is 0 Å². The van der Waals surface area contributed by atoms with Crippen molar-refractivity contribution in [2.75, 3.05) is 0 Å². The van der Waals surface area contributed by atoms with Crippen molar-refractivity contribution in [2.45, 2.75) is 32.8 Å². The van der Waals surface area contributed by atoms with Crippen LogP contribution in [0.5, 0.6) is 0 Å². The Labute approximate surface area is 78.6 Å². The van der Waals surface area contributed by atoms with Gasteiger partial charge in [-0.15, -0.1) is 0 Å². The van der Waals surface area contributed by atoms with Crippen molar-refractivity contribution in [1.82, 2.24) is 0 Å². The third kappa shape index (κ3) is 17.8. The molecular formula is C8H17LiO2. The molecule has 0 aliphatic heterocycles. The predicted molar refractivity (Wildman–Crippen MR) is 47.9 cm³/mol. The molecule has 0 radical (unpaired) electrons. The Bertz CT molecular complexity index is 100. The summed E-state index contributed by atoms with van der Waals surface area (Å²) >= 11 is 2.20. The zero-order valence-electron chi connectivity index (χ0n) is 8.22. The van der Waals surface area contributed by atoms with Crippen LogP contribution in [0.3, 0.4) is 0 Å². The number of rotatable bonds is 2. The summed E-state index contributed by atoms with van der Waals surface area (Å²) in [5.74, 6) is -0.0880. The summed E-state index contributed by atoms with van der Waals surface area (Å²) < 4.78 is 0. The van der Waals surface area contributed by atoms with Gasteiger partial charge in [-0.2, -0.15) is 0 Å². The molecule has 0 saturated heterocycles. The van der Waals surface area contributed by atoms with Crippen molar-refractivity contribution in [1.29, 1.82) is 0 Å². The molecule has 0 unspecified atom stereocenters. The summed E-state index contributed by atoms with van der Waals surface area (Å²) in [5.41, 5.74) is 0. The van der Waals surface area contributed by atoms with E-state index in [0.29, 0.717) is 0 Å². The van der Waals surface area contributed by atoms with Gasteiger partial charge in [0.05, 0.1) is 5.92 Å².